The highest BCUT2D eigenvalue weighted by Crippen LogP contribution is 2.07. The number of carbonyl (C=O) groups excluding carboxylic acids is 2. The number of benzene rings is 1. The molecule has 0 saturated carbocycles. The monoisotopic (exact) mass is 265 g/mol. The summed E-state index contributed by atoms with van der Waals surface area (Å²) in [6.07, 6.45) is -1.45. The largest absolute Gasteiger partial charge is 0.480 e. The minimum Gasteiger partial charge on any atom is -0.480 e. The van der Waals surface area contributed by atoms with Gasteiger partial charge in [0.25, 0.3) is 0 Å². The van der Waals surface area contributed by atoms with E-state index in [0.29, 0.717) is 5.56 Å². The van der Waals surface area contributed by atoms with Gasteiger partial charge in [0.2, 0.25) is 5.78 Å². The maximum absolute atomic E-state index is 11.9. The molecule has 0 fully saturated rings. The number of esters is 1. The Bertz CT molecular complexity index is 471. The van der Waals surface area contributed by atoms with Crippen molar-refractivity contribution in [3.63, 3.8) is 0 Å². The van der Waals surface area contributed by atoms with Crippen LogP contribution in [0.4, 0.5) is 0 Å². The predicted octanol–water partition coefficient (Wildman–Crippen LogP) is 0.603. The molecule has 1 unspecified atom stereocenters. The molecule has 3 N–H and O–H groups in total. The van der Waals surface area contributed by atoms with Gasteiger partial charge < -0.3 is 15.6 Å². The van der Waals surface area contributed by atoms with Crippen molar-refractivity contribution < 1.29 is 24.2 Å². The molecule has 0 aliphatic rings. The van der Waals surface area contributed by atoms with Crippen LogP contribution in [0.2, 0.25) is 0 Å². The molecule has 0 saturated heterocycles. The van der Waals surface area contributed by atoms with Crippen molar-refractivity contribution in [1.82, 2.24) is 0 Å². The highest BCUT2D eigenvalue weighted by Gasteiger charge is 2.22. The lowest BCUT2D eigenvalue weighted by Crippen LogP contribution is -2.35. The summed E-state index contributed by atoms with van der Waals surface area (Å²) in [6, 6.07) is 7.04. The second-order valence-corrected chi connectivity index (χ2v) is 4.01. The summed E-state index contributed by atoms with van der Waals surface area (Å²) in [5.74, 6) is -2.46. The second kappa shape index (κ2) is 6.65. The van der Waals surface area contributed by atoms with Gasteiger partial charge in [-0.3, -0.25) is 14.4 Å². The highest BCUT2D eigenvalue weighted by atomic mass is 16.5. The Morgan fingerprint density at radius 1 is 1.26 bits per heavy atom. The molecule has 0 aromatic heterocycles. The Morgan fingerprint density at radius 3 is 2.37 bits per heavy atom. The summed E-state index contributed by atoms with van der Waals surface area (Å²) < 4.78 is 4.86. The molecule has 6 nitrogen and oxygen atoms in total. The number of aliphatic carboxylic acids is 1. The van der Waals surface area contributed by atoms with E-state index in [-0.39, 0.29) is 5.78 Å². The first kappa shape index (κ1) is 14.8. The molecule has 6 heteroatoms. The van der Waals surface area contributed by atoms with E-state index in [4.69, 9.17) is 15.6 Å². The van der Waals surface area contributed by atoms with Crippen LogP contribution in [0.15, 0.2) is 30.3 Å². The van der Waals surface area contributed by atoms with Gasteiger partial charge in [-0.1, -0.05) is 30.3 Å². The van der Waals surface area contributed by atoms with Crippen LogP contribution in [-0.4, -0.2) is 35.0 Å². The number of carbonyl (C=O) groups is 3. The Morgan fingerprint density at radius 2 is 1.84 bits per heavy atom. The Hall–Kier alpha value is -2.21. The van der Waals surface area contributed by atoms with Crippen molar-refractivity contribution in [2.45, 2.75) is 25.5 Å². The molecule has 0 amide bonds. The van der Waals surface area contributed by atoms with Gasteiger partial charge in [-0.25, -0.2) is 0 Å². The first-order valence-corrected chi connectivity index (χ1v) is 5.69. The van der Waals surface area contributed by atoms with Crippen LogP contribution in [0.3, 0.4) is 0 Å². The van der Waals surface area contributed by atoms with E-state index in [9.17, 15) is 14.4 Å². The molecule has 0 heterocycles. The van der Waals surface area contributed by atoms with Crippen LogP contribution in [-0.2, 0) is 14.3 Å². The SMILES string of the molecule is CC(OC(=O)C[C@H](N)C(=O)O)C(=O)c1ccccc1. The Labute approximate surface area is 110 Å². The lowest BCUT2D eigenvalue weighted by molar-refractivity contribution is -0.150. The first-order valence-electron chi connectivity index (χ1n) is 5.69. The van der Waals surface area contributed by atoms with Gasteiger partial charge in [0.1, 0.15) is 6.04 Å². The first-order chi connectivity index (χ1) is 8.91. The Kier molecular flexibility index (Phi) is 5.20. The molecule has 0 spiro atoms. The van der Waals surface area contributed by atoms with Crippen molar-refractivity contribution in [3.05, 3.63) is 35.9 Å². The third kappa shape index (κ3) is 4.51. The topological polar surface area (TPSA) is 107 Å². The van der Waals surface area contributed by atoms with E-state index >= 15 is 0 Å². The van der Waals surface area contributed by atoms with E-state index in [1.54, 1.807) is 30.3 Å². The van der Waals surface area contributed by atoms with Gasteiger partial charge >= 0.3 is 11.9 Å². The fourth-order valence-electron chi connectivity index (χ4n) is 1.40. The highest BCUT2D eigenvalue weighted by molar-refractivity contribution is 6.00. The summed E-state index contributed by atoms with van der Waals surface area (Å²) in [4.78, 5) is 33.7. The zero-order valence-electron chi connectivity index (χ0n) is 10.4. The van der Waals surface area contributed by atoms with Gasteiger partial charge in [-0.15, -0.1) is 0 Å². The number of rotatable bonds is 6. The van der Waals surface area contributed by atoms with Gasteiger partial charge in [0, 0.05) is 5.56 Å². The average molecular weight is 265 g/mol. The van der Waals surface area contributed by atoms with Gasteiger partial charge in [0.15, 0.2) is 6.10 Å². The number of hydrogen-bond acceptors (Lipinski definition) is 5. The van der Waals surface area contributed by atoms with E-state index < -0.39 is 30.5 Å². The molecule has 102 valence electrons. The van der Waals surface area contributed by atoms with Gasteiger partial charge in [-0.05, 0) is 6.92 Å². The zero-order valence-corrected chi connectivity index (χ0v) is 10.4. The van der Waals surface area contributed by atoms with Crippen molar-refractivity contribution >= 4 is 17.7 Å². The minimum absolute atomic E-state index is 0.349. The minimum atomic E-state index is -1.33. The number of carboxylic acid groups (broad SMARTS) is 1. The predicted molar refractivity (Wildman–Crippen MR) is 66.6 cm³/mol. The van der Waals surface area contributed by atoms with E-state index in [0.717, 1.165) is 0 Å². The number of nitrogens with two attached hydrogens (primary N) is 1. The average Bonchev–Trinajstić information content (AvgIpc) is 2.38. The number of ketones is 1. The van der Waals surface area contributed by atoms with Crippen LogP contribution in [0.1, 0.15) is 23.7 Å². The summed E-state index contributed by atoms with van der Waals surface area (Å²) in [5, 5.41) is 8.55. The van der Waals surface area contributed by atoms with Crippen LogP contribution < -0.4 is 5.73 Å². The van der Waals surface area contributed by atoms with Gasteiger partial charge in [0.05, 0.1) is 6.42 Å². The molecule has 1 aromatic rings. The maximum atomic E-state index is 11.9. The standard InChI is InChI=1S/C13H15NO5/c1-8(12(16)9-5-3-2-4-6-9)19-11(15)7-10(14)13(17)18/h2-6,8,10H,7,14H2,1H3,(H,17,18)/t8?,10-/m0/s1. The van der Waals surface area contributed by atoms with Crippen molar-refractivity contribution in [1.29, 1.82) is 0 Å². The van der Waals surface area contributed by atoms with Crippen LogP contribution in [0.25, 0.3) is 0 Å². The molecule has 1 aromatic carbocycles. The Balaban J connectivity index is 2.55. The molecular formula is C13H15NO5. The lowest BCUT2D eigenvalue weighted by atomic mass is 10.1. The summed E-state index contributed by atoms with van der Waals surface area (Å²) in [5.41, 5.74) is 5.62. The van der Waals surface area contributed by atoms with Crippen LogP contribution in [0, 0.1) is 0 Å². The maximum Gasteiger partial charge on any atom is 0.321 e. The fourth-order valence-corrected chi connectivity index (χ4v) is 1.40. The number of ether oxygens (including phenoxy) is 1. The molecule has 2 atom stereocenters. The molecule has 0 aliphatic heterocycles. The van der Waals surface area contributed by atoms with Crippen LogP contribution >= 0.6 is 0 Å². The van der Waals surface area contributed by atoms with E-state index in [1.165, 1.54) is 6.92 Å². The lowest BCUT2D eigenvalue weighted by Gasteiger charge is -2.13. The van der Waals surface area contributed by atoms with Crippen molar-refractivity contribution in [2.24, 2.45) is 5.73 Å². The van der Waals surface area contributed by atoms with Gasteiger partial charge in [-0.2, -0.15) is 0 Å². The molecule has 0 radical (unpaired) electrons. The third-order valence-corrected chi connectivity index (χ3v) is 2.44. The number of hydrogen-bond donors (Lipinski definition) is 2. The van der Waals surface area contributed by atoms with Crippen molar-refractivity contribution in [3.8, 4) is 0 Å². The molecule has 0 aliphatic carbocycles. The molecular weight excluding hydrogens is 250 g/mol. The number of carboxylic acids is 1. The summed E-state index contributed by atoms with van der Waals surface area (Å²) in [6.45, 7) is 1.43. The molecule has 0 bridgehead atoms. The molecule has 19 heavy (non-hydrogen) atoms. The number of Topliss-reactive ketones (excluding diaryl/α,β-unsaturated/α-hetero) is 1. The summed E-state index contributed by atoms with van der Waals surface area (Å²) >= 11 is 0. The second-order valence-electron chi connectivity index (χ2n) is 4.01. The zero-order chi connectivity index (χ0) is 14.4. The quantitative estimate of drug-likeness (QED) is 0.576. The fraction of sp³-hybridized carbons (Fsp3) is 0.308. The van der Waals surface area contributed by atoms with Crippen molar-refractivity contribution in [2.75, 3.05) is 0 Å². The normalized spacial score (nSPS) is 13.4. The molecule has 1 rings (SSSR count). The van der Waals surface area contributed by atoms with E-state index in [1.807, 2.05) is 0 Å². The van der Waals surface area contributed by atoms with E-state index in [2.05, 4.69) is 0 Å². The summed E-state index contributed by atoms with van der Waals surface area (Å²) in [7, 11) is 0. The smallest absolute Gasteiger partial charge is 0.321 e. The third-order valence-electron chi connectivity index (χ3n) is 2.44. The van der Waals surface area contributed by atoms with Crippen LogP contribution in [0.5, 0.6) is 0 Å².